The van der Waals surface area contributed by atoms with Crippen LogP contribution in [-0.4, -0.2) is 20.9 Å². The second-order valence-corrected chi connectivity index (χ2v) is 6.86. The van der Waals surface area contributed by atoms with Crippen LogP contribution in [-0.2, 0) is 0 Å². The van der Waals surface area contributed by atoms with E-state index in [0.29, 0.717) is 5.69 Å². The molecule has 0 unspecified atom stereocenters. The standard InChI is InChI=1S/C25H16F2N4O/c1-16-7-8-17(9-10-18-4-3-11-28-13-18)12-19(16)22-14-30-23(15-29-22)31-25(32)24-20(26)5-2-6-21(24)27/h2-8,11-15H,1H3,(H,30,31,32). The number of benzene rings is 2. The Balaban J connectivity index is 1.55. The molecular formula is C25H16F2N4O. The van der Waals surface area contributed by atoms with Gasteiger partial charge in [0.05, 0.1) is 18.1 Å². The topological polar surface area (TPSA) is 67.8 Å². The van der Waals surface area contributed by atoms with E-state index in [-0.39, 0.29) is 5.82 Å². The fraction of sp³-hybridized carbons (Fsp3) is 0.0400. The molecule has 156 valence electrons. The van der Waals surface area contributed by atoms with Gasteiger partial charge in [-0.3, -0.25) is 14.8 Å². The summed E-state index contributed by atoms with van der Waals surface area (Å²) < 4.78 is 27.6. The number of carbonyl (C=O) groups excluding carboxylic acids is 1. The van der Waals surface area contributed by atoms with Gasteiger partial charge in [-0.2, -0.15) is 0 Å². The molecule has 0 radical (unpaired) electrons. The van der Waals surface area contributed by atoms with Gasteiger partial charge in [-0.15, -0.1) is 0 Å². The Bertz CT molecular complexity index is 1320. The summed E-state index contributed by atoms with van der Waals surface area (Å²) in [5.41, 5.74) is 3.30. The van der Waals surface area contributed by atoms with Crippen LogP contribution in [0.1, 0.15) is 27.0 Å². The van der Waals surface area contributed by atoms with Crippen molar-refractivity contribution < 1.29 is 13.6 Å². The predicted octanol–water partition coefficient (Wildman–Crippen LogP) is 4.78. The molecule has 7 heteroatoms. The van der Waals surface area contributed by atoms with Crippen molar-refractivity contribution in [1.29, 1.82) is 0 Å². The van der Waals surface area contributed by atoms with E-state index in [1.54, 1.807) is 12.4 Å². The van der Waals surface area contributed by atoms with Crippen molar-refractivity contribution in [2.24, 2.45) is 0 Å². The van der Waals surface area contributed by atoms with Crippen molar-refractivity contribution in [3.63, 3.8) is 0 Å². The fourth-order valence-corrected chi connectivity index (χ4v) is 2.98. The van der Waals surface area contributed by atoms with Gasteiger partial charge < -0.3 is 5.32 Å². The summed E-state index contributed by atoms with van der Waals surface area (Å²) in [4.78, 5) is 24.8. The summed E-state index contributed by atoms with van der Waals surface area (Å²) in [5.74, 6) is 3.39. The quantitative estimate of drug-likeness (QED) is 0.479. The van der Waals surface area contributed by atoms with Crippen LogP contribution in [0.5, 0.6) is 0 Å². The number of halogens is 2. The number of anilines is 1. The minimum atomic E-state index is -0.952. The van der Waals surface area contributed by atoms with Crippen LogP contribution < -0.4 is 5.32 Å². The average molecular weight is 426 g/mol. The van der Waals surface area contributed by atoms with E-state index in [1.807, 2.05) is 37.3 Å². The van der Waals surface area contributed by atoms with Crippen molar-refractivity contribution in [1.82, 2.24) is 15.0 Å². The summed E-state index contributed by atoms with van der Waals surface area (Å²) in [7, 11) is 0. The maximum absolute atomic E-state index is 13.8. The van der Waals surface area contributed by atoms with Crippen molar-refractivity contribution in [2.75, 3.05) is 5.32 Å². The Kier molecular flexibility index (Phi) is 5.95. The van der Waals surface area contributed by atoms with Gasteiger partial charge in [-0.1, -0.05) is 24.0 Å². The lowest BCUT2D eigenvalue weighted by atomic mass is 10.0. The molecule has 2 heterocycles. The number of pyridine rings is 1. The molecule has 0 saturated carbocycles. The Morgan fingerprint density at radius 3 is 2.38 bits per heavy atom. The zero-order chi connectivity index (χ0) is 22.5. The summed E-state index contributed by atoms with van der Waals surface area (Å²) in [6, 6.07) is 12.7. The van der Waals surface area contributed by atoms with Gasteiger partial charge in [0.25, 0.3) is 5.91 Å². The van der Waals surface area contributed by atoms with Gasteiger partial charge in [0.15, 0.2) is 5.82 Å². The number of nitrogens with zero attached hydrogens (tertiary/aromatic N) is 3. The lowest BCUT2D eigenvalue weighted by molar-refractivity contribution is 0.101. The number of rotatable bonds is 3. The normalized spacial score (nSPS) is 10.2. The number of hydrogen-bond donors (Lipinski definition) is 1. The maximum Gasteiger partial charge on any atom is 0.262 e. The highest BCUT2D eigenvalue weighted by Gasteiger charge is 2.17. The molecule has 1 N–H and O–H groups in total. The number of aromatic nitrogens is 3. The van der Waals surface area contributed by atoms with E-state index in [4.69, 9.17) is 0 Å². The highest BCUT2D eigenvalue weighted by atomic mass is 19.1. The molecule has 0 saturated heterocycles. The number of carbonyl (C=O) groups is 1. The van der Waals surface area contributed by atoms with Crippen LogP contribution in [0.4, 0.5) is 14.6 Å². The number of hydrogen-bond acceptors (Lipinski definition) is 4. The molecule has 5 nitrogen and oxygen atoms in total. The van der Waals surface area contributed by atoms with Crippen molar-refractivity contribution in [3.05, 3.63) is 107 Å². The third kappa shape index (κ3) is 4.65. The first-order valence-corrected chi connectivity index (χ1v) is 9.62. The highest BCUT2D eigenvalue weighted by molar-refractivity contribution is 6.04. The van der Waals surface area contributed by atoms with Crippen LogP contribution in [0.3, 0.4) is 0 Å². The molecule has 4 rings (SSSR count). The molecular weight excluding hydrogens is 410 g/mol. The summed E-state index contributed by atoms with van der Waals surface area (Å²) in [6.07, 6.45) is 6.19. The maximum atomic E-state index is 13.8. The van der Waals surface area contributed by atoms with Crippen LogP contribution in [0.15, 0.2) is 73.3 Å². The van der Waals surface area contributed by atoms with Crippen LogP contribution in [0.2, 0.25) is 0 Å². The van der Waals surface area contributed by atoms with Gasteiger partial charge in [-0.25, -0.2) is 13.8 Å². The monoisotopic (exact) mass is 426 g/mol. The largest absolute Gasteiger partial charge is 0.305 e. The van der Waals surface area contributed by atoms with E-state index in [9.17, 15) is 13.6 Å². The zero-order valence-electron chi connectivity index (χ0n) is 16.9. The average Bonchev–Trinajstić information content (AvgIpc) is 2.80. The Morgan fingerprint density at radius 2 is 1.69 bits per heavy atom. The molecule has 1 amide bonds. The first-order valence-electron chi connectivity index (χ1n) is 9.62. The second kappa shape index (κ2) is 9.14. The molecule has 2 aromatic carbocycles. The smallest absolute Gasteiger partial charge is 0.262 e. The lowest BCUT2D eigenvalue weighted by Crippen LogP contribution is -2.16. The molecule has 4 aromatic rings. The Morgan fingerprint density at radius 1 is 0.906 bits per heavy atom. The summed E-state index contributed by atoms with van der Waals surface area (Å²) in [6.45, 7) is 1.94. The molecule has 0 atom stereocenters. The molecule has 0 bridgehead atoms. The number of nitrogens with one attached hydrogen (secondary N) is 1. The molecule has 0 aliphatic rings. The van der Waals surface area contributed by atoms with E-state index in [1.165, 1.54) is 18.5 Å². The third-order valence-corrected chi connectivity index (χ3v) is 4.61. The van der Waals surface area contributed by atoms with Crippen LogP contribution >= 0.6 is 0 Å². The molecule has 0 spiro atoms. The number of aryl methyl sites for hydroxylation is 1. The highest BCUT2D eigenvalue weighted by Crippen LogP contribution is 2.23. The summed E-state index contributed by atoms with van der Waals surface area (Å²) >= 11 is 0. The molecule has 32 heavy (non-hydrogen) atoms. The molecule has 0 aliphatic heterocycles. The van der Waals surface area contributed by atoms with Crippen molar-refractivity contribution in [2.45, 2.75) is 6.92 Å². The van der Waals surface area contributed by atoms with E-state index in [2.05, 4.69) is 32.1 Å². The number of amides is 1. The minimum absolute atomic E-state index is 0.0755. The van der Waals surface area contributed by atoms with E-state index < -0.39 is 23.1 Å². The van der Waals surface area contributed by atoms with Gasteiger partial charge in [-0.05, 0) is 48.9 Å². The lowest BCUT2D eigenvalue weighted by Gasteiger charge is -2.08. The molecule has 2 aromatic heterocycles. The summed E-state index contributed by atoms with van der Waals surface area (Å²) in [5, 5.41) is 2.36. The van der Waals surface area contributed by atoms with Crippen LogP contribution in [0, 0.1) is 30.4 Å². The predicted molar refractivity (Wildman–Crippen MR) is 117 cm³/mol. The Hall–Kier alpha value is -4.44. The molecule has 0 aliphatic carbocycles. The third-order valence-electron chi connectivity index (χ3n) is 4.61. The SMILES string of the molecule is Cc1ccc(C#Cc2cccnc2)cc1-c1cnc(NC(=O)c2c(F)cccc2F)cn1. The molecule has 0 fully saturated rings. The minimum Gasteiger partial charge on any atom is -0.305 e. The van der Waals surface area contributed by atoms with Crippen molar-refractivity contribution >= 4 is 11.7 Å². The first-order chi connectivity index (χ1) is 15.5. The first kappa shape index (κ1) is 20.8. The van der Waals surface area contributed by atoms with E-state index in [0.717, 1.165) is 34.4 Å². The second-order valence-electron chi connectivity index (χ2n) is 6.86. The Labute approximate surface area is 183 Å². The van der Waals surface area contributed by atoms with Crippen molar-refractivity contribution in [3.8, 4) is 23.1 Å². The van der Waals surface area contributed by atoms with Gasteiger partial charge in [0.1, 0.15) is 17.2 Å². The fourth-order valence-electron chi connectivity index (χ4n) is 2.98. The van der Waals surface area contributed by atoms with Gasteiger partial charge in [0.2, 0.25) is 0 Å². The van der Waals surface area contributed by atoms with E-state index >= 15 is 0 Å². The van der Waals surface area contributed by atoms with Gasteiger partial charge in [0, 0.05) is 29.1 Å². The zero-order valence-corrected chi connectivity index (χ0v) is 16.9. The van der Waals surface area contributed by atoms with Crippen LogP contribution in [0.25, 0.3) is 11.3 Å². The van der Waals surface area contributed by atoms with Gasteiger partial charge >= 0.3 is 0 Å².